The molecular weight excluding hydrogens is 561 g/mol. The summed E-state index contributed by atoms with van der Waals surface area (Å²) in [5.74, 6) is -3.11. The maximum Gasteiger partial charge on any atom is 0.337 e. The van der Waals surface area contributed by atoms with Crippen LogP contribution in [0.4, 0.5) is 13.2 Å². The Hall–Kier alpha value is -4.39. The number of halogens is 3. The minimum absolute atomic E-state index is 0.00741. The molecule has 12 heteroatoms. The number of aliphatic hydroxyl groups is 1. The molecule has 9 nitrogen and oxygen atoms in total. The van der Waals surface area contributed by atoms with Gasteiger partial charge in [0.2, 0.25) is 0 Å². The highest BCUT2D eigenvalue weighted by Gasteiger charge is 2.18. The number of rotatable bonds is 8. The number of carbonyl (C=O) groups excluding carboxylic acids is 4. The number of esters is 2. The topological polar surface area (TPSA) is 125 Å². The lowest BCUT2D eigenvalue weighted by Crippen LogP contribution is -2.15. The fourth-order valence-corrected chi connectivity index (χ4v) is 3.18. The summed E-state index contributed by atoms with van der Waals surface area (Å²) in [5, 5.41) is 9.52. The van der Waals surface area contributed by atoms with E-state index in [0.717, 1.165) is 12.1 Å². The summed E-state index contributed by atoms with van der Waals surface area (Å²) >= 11 is 0. The van der Waals surface area contributed by atoms with E-state index in [-0.39, 0.29) is 27.8 Å². The van der Waals surface area contributed by atoms with E-state index >= 15 is 0 Å². The lowest BCUT2D eigenvalue weighted by atomic mass is 9.97. The third kappa shape index (κ3) is 10.2. The molecule has 0 atom stereocenters. The first kappa shape index (κ1) is 35.6. The van der Waals surface area contributed by atoms with Gasteiger partial charge in [0.15, 0.2) is 18.9 Å². The summed E-state index contributed by atoms with van der Waals surface area (Å²) in [6.07, 6.45) is 0.0477. The van der Waals surface area contributed by atoms with E-state index in [1.807, 2.05) is 0 Å². The quantitative estimate of drug-likeness (QED) is 0.214. The van der Waals surface area contributed by atoms with Crippen molar-refractivity contribution >= 4 is 24.5 Å². The van der Waals surface area contributed by atoms with Crippen molar-refractivity contribution < 1.29 is 56.4 Å². The molecular formula is C30H31F3O9. The van der Waals surface area contributed by atoms with Crippen molar-refractivity contribution in [2.45, 2.75) is 25.7 Å². The van der Waals surface area contributed by atoms with Gasteiger partial charge in [-0.3, -0.25) is 9.59 Å². The molecule has 3 rings (SSSR count). The van der Waals surface area contributed by atoms with Crippen LogP contribution in [0.25, 0.3) is 0 Å². The largest absolute Gasteiger partial charge is 0.465 e. The first-order chi connectivity index (χ1) is 19.8. The molecule has 0 aliphatic heterocycles. The van der Waals surface area contributed by atoms with Gasteiger partial charge in [-0.15, -0.1) is 0 Å². The molecule has 0 saturated heterocycles. The smallest absolute Gasteiger partial charge is 0.337 e. The molecule has 3 aromatic carbocycles. The molecule has 0 radical (unpaired) electrons. The van der Waals surface area contributed by atoms with E-state index in [9.17, 15) is 37.5 Å². The second-order valence-corrected chi connectivity index (χ2v) is 8.79. The third-order valence-corrected chi connectivity index (χ3v) is 5.49. The molecule has 0 heterocycles. The Labute approximate surface area is 240 Å². The molecule has 0 amide bonds. The Morgan fingerprint density at radius 1 is 0.714 bits per heavy atom. The number of benzene rings is 3. The highest BCUT2D eigenvalue weighted by molar-refractivity contribution is 5.90. The maximum atomic E-state index is 13.6. The van der Waals surface area contributed by atoms with Gasteiger partial charge in [0.1, 0.15) is 17.5 Å². The average molecular weight is 593 g/mol. The van der Waals surface area contributed by atoms with Gasteiger partial charge in [-0.25, -0.2) is 22.8 Å². The van der Waals surface area contributed by atoms with Crippen molar-refractivity contribution in [3.8, 4) is 0 Å². The van der Waals surface area contributed by atoms with Gasteiger partial charge >= 0.3 is 11.9 Å². The second-order valence-electron chi connectivity index (χ2n) is 8.79. The van der Waals surface area contributed by atoms with Crippen LogP contribution in [-0.4, -0.2) is 58.1 Å². The van der Waals surface area contributed by atoms with Crippen LogP contribution >= 0.6 is 0 Å². The van der Waals surface area contributed by atoms with Crippen molar-refractivity contribution in [2.75, 3.05) is 28.4 Å². The van der Waals surface area contributed by atoms with Crippen molar-refractivity contribution in [1.82, 2.24) is 0 Å². The summed E-state index contributed by atoms with van der Waals surface area (Å²) in [7, 11) is 5.25. The van der Waals surface area contributed by atoms with E-state index in [1.165, 1.54) is 70.9 Å². The van der Waals surface area contributed by atoms with Crippen LogP contribution in [0.5, 0.6) is 0 Å². The number of aldehydes is 2. The molecule has 0 aliphatic rings. The van der Waals surface area contributed by atoms with Gasteiger partial charge in [-0.1, -0.05) is 12.1 Å². The highest BCUT2D eigenvalue weighted by Crippen LogP contribution is 2.22. The molecule has 226 valence electrons. The Morgan fingerprint density at radius 2 is 1.14 bits per heavy atom. The zero-order valence-electron chi connectivity index (χ0n) is 23.8. The van der Waals surface area contributed by atoms with Crippen molar-refractivity contribution in [3.05, 3.63) is 105 Å². The fraction of sp³-hybridized carbons (Fsp3) is 0.267. The second kappa shape index (κ2) is 16.8. The van der Waals surface area contributed by atoms with Crippen LogP contribution in [0, 0.1) is 17.5 Å². The zero-order chi connectivity index (χ0) is 32.0. The normalized spacial score (nSPS) is 10.5. The van der Waals surface area contributed by atoms with E-state index < -0.39 is 41.3 Å². The highest BCUT2D eigenvalue weighted by atomic mass is 19.1. The molecule has 0 saturated carbocycles. The van der Waals surface area contributed by atoms with Crippen molar-refractivity contribution in [2.24, 2.45) is 0 Å². The van der Waals surface area contributed by atoms with Gasteiger partial charge in [0, 0.05) is 19.8 Å². The Bertz CT molecular complexity index is 1380. The molecule has 3 aromatic rings. The van der Waals surface area contributed by atoms with Crippen LogP contribution in [-0.2, 0) is 24.5 Å². The Morgan fingerprint density at radius 3 is 1.50 bits per heavy atom. The van der Waals surface area contributed by atoms with Gasteiger partial charge in [0.25, 0.3) is 0 Å². The van der Waals surface area contributed by atoms with Gasteiger partial charge in [-0.2, -0.15) is 0 Å². The molecule has 0 aliphatic carbocycles. The van der Waals surface area contributed by atoms with Crippen molar-refractivity contribution in [3.63, 3.8) is 0 Å². The van der Waals surface area contributed by atoms with Crippen LogP contribution in [0.3, 0.4) is 0 Å². The lowest BCUT2D eigenvalue weighted by Gasteiger charge is -2.17. The summed E-state index contributed by atoms with van der Waals surface area (Å²) < 4.78 is 58.2. The molecule has 0 spiro atoms. The predicted octanol–water partition coefficient (Wildman–Crippen LogP) is 5.19. The molecule has 42 heavy (non-hydrogen) atoms. The number of hydrogen-bond donors (Lipinski definition) is 1. The Balaban J connectivity index is 0.000000318. The molecule has 0 aromatic heterocycles. The average Bonchev–Trinajstić information content (AvgIpc) is 2.97. The van der Waals surface area contributed by atoms with Crippen LogP contribution < -0.4 is 0 Å². The van der Waals surface area contributed by atoms with Gasteiger partial charge in [-0.05, 0) is 61.9 Å². The first-order valence-corrected chi connectivity index (χ1v) is 12.0. The summed E-state index contributed by atoms with van der Waals surface area (Å²) in [4.78, 5) is 42.5. The van der Waals surface area contributed by atoms with Crippen LogP contribution in [0.1, 0.15) is 72.7 Å². The lowest BCUT2D eigenvalue weighted by molar-refractivity contribution is -0.107. The molecule has 0 fully saturated rings. The van der Waals surface area contributed by atoms with Gasteiger partial charge in [0.05, 0.1) is 42.1 Å². The number of methoxy groups -OCH3 is 4. The maximum absolute atomic E-state index is 13.6. The number of ether oxygens (including phenoxy) is 4. The predicted molar refractivity (Wildman–Crippen MR) is 145 cm³/mol. The van der Waals surface area contributed by atoms with Crippen LogP contribution in [0.2, 0.25) is 0 Å². The fourth-order valence-electron chi connectivity index (χ4n) is 3.18. The van der Waals surface area contributed by atoms with Crippen LogP contribution in [0.15, 0.2) is 54.6 Å². The number of hydrogen-bond acceptors (Lipinski definition) is 9. The molecule has 0 unspecified atom stereocenters. The molecule has 1 N–H and O–H groups in total. The third-order valence-electron chi connectivity index (χ3n) is 5.49. The van der Waals surface area contributed by atoms with E-state index in [2.05, 4.69) is 9.47 Å². The van der Waals surface area contributed by atoms with E-state index in [1.54, 1.807) is 13.8 Å². The molecule has 0 bridgehead atoms. The standard InChI is InChI=1S/C11H13FO4.C10H11FO2.C9H7FO3/c1-14-10(13)7-4-5-8(9(12)6-7)11(15-2)16-3;1-10(2,13)8-4-3-7(6-12)9(11)5-8;1-13-9(12)6-2-3-7(5-11)8(10)4-6/h4-6,11H,1-3H3;3-6,13H,1-2H3;2-5H,1H3. The zero-order valence-corrected chi connectivity index (χ0v) is 23.8. The summed E-state index contributed by atoms with van der Waals surface area (Å²) in [6.45, 7) is 3.12. The summed E-state index contributed by atoms with van der Waals surface area (Å²) in [6, 6.07) is 11.6. The SMILES string of the molecule is CC(C)(O)c1ccc(C=O)c(F)c1.COC(=O)c1ccc(C(OC)OC)c(F)c1.COC(=O)c1ccc(C=O)c(F)c1. The van der Waals surface area contributed by atoms with E-state index in [0.29, 0.717) is 18.1 Å². The van der Waals surface area contributed by atoms with Crippen molar-refractivity contribution in [1.29, 1.82) is 0 Å². The summed E-state index contributed by atoms with van der Waals surface area (Å²) in [5.41, 5.74) is -0.225. The first-order valence-electron chi connectivity index (χ1n) is 12.0. The van der Waals surface area contributed by atoms with E-state index in [4.69, 9.17) is 9.47 Å². The Kier molecular flexibility index (Phi) is 14.2. The monoisotopic (exact) mass is 592 g/mol. The minimum atomic E-state index is -1.08. The minimum Gasteiger partial charge on any atom is -0.465 e. The van der Waals surface area contributed by atoms with Gasteiger partial charge < -0.3 is 24.1 Å². The number of carbonyl (C=O) groups is 4.